The first-order valence-electron chi connectivity index (χ1n) is 6.20. The number of nitrogens with one attached hydrogen (secondary N) is 2. The van der Waals surface area contributed by atoms with E-state index >= 15 is 0 Å². The van der Waals surface area contributed by atoms with Crippen LogP contribution in [0.3, 0.4) is 0 Å². The number of hydrogen-bond acceptors (Lipinski definition) is 5. The molecule has 0 unspecified atom stereocenters. The minimum atomic E-state index is 0.710. The highest BCUT2D eigenvalue weighted by Crippen LogP contribution is 2.18. The topological polar surface area (TPSA) is 67.7 Å². The average Bonchev–Trinajstić information content (AvgIpc) is 2.86. The van der Waals surface area contributed by atoms with E-state index in [0.29, 0.717) is 5.82 Å². The largest absolute Gasteiger partial charge is 0.340 e. The first-order chi connectivity index (χ1) is 9.81. The quantitative estimate of drug-likeness (QED) is 0.760. The number of nitrogens with zero attached hydrogens (tertiary/aromatic N) is 4. The summed E-state index contributed by atoms with van der Waals surface area (Å²) in [5.41, 5.74) is 0.984. The van der Waals surface area contributed by atoms with Gasteiger partial charge in [0.2, 0.25) is 0 Å². The summed E-state index contributed by atoms with van der Waals surface area (Å²) in [6.07, 6.45) is 3.25. The zero-order valence-corrected chi connectivity index (χ0v) is 11.0. The molecule has 3 aromatic rings. The first kappa shape index (κ1) is 12.2. The molecule has 100 valence electrons. The summed E-state index contributed by atoms with van der Waals surface area (Å²) in [4.78, 5) is 8.40. The van der Waals surface area contributed by atoms with Gasteiger partial charge in [-0.3, -0.25) is 4.68 Å². The van der Waals surface area contributed by atoms with Gasteiger partial charge in [0.15, 0.2) is 0 Å². The van der Waals surface area contributed by atoms with Gasteiger partial charge in [0.05, 0.1) is 6.20 Å². The monoisotopic (exact) mass is 266 g/mol. The Morgan fingerprint density at radius 1 is 0.950 bits per heavy atom. The van der Waals surface area contributed by atoms with Gasteiger partial charge in [0, 0.05) is 24.9 Å². The SMILES string of the molecule is Cn1nccc1Nc1cc(Nc2ccccc2)ncn1. The van der Waals surface area contributed by atoms with Crippen molar-refractivity contribution >= 4 is 23.1 Å². The number of aryl methyl sites for hydroxylation is 1. The van der Waals surface area contributed by atoms with Gasteiger partial charge in [-0.2, -0.15) is 5.10 Å². The molecule has 0 aliphatic heterocycles. The van der Waals surface area contributed by atoms with E-state index in [1.165, 1.54) is 6.33 Å². The van der Waals surface area contributed by atoms with E-state index in [2.05, 4.69) is 25.7 Å². The molecule has 0 aliphatic carbocycles. The summed E-state index contributed by atoms with van der Waals surface area (Å²) in [6.45, 7) is 0. The summed E-state index contributed by atoms with van der Waals surface area (Å²) < 4.78 is 1.74. The second kappa shape index (κ2) is 5.40. The minimum Gasteiger partial charge on any atom is -0.340 e. The molecule has 0 saturated carbocycles. The summed E-state index contributed by atoms with van der Waals surface area (Å²) in [5.74, 6) is 2.31. The van der Waals surface area contributed by atoms with E-state index in [4.69, 9.17) is 0 Å². The lowest BCUT2D eigenvalue weighted by Gasteiger charge is -2.08. The van der Waals surface area contributed by atoms with Crippen LogP contribution in [0, 0.1) is 0 Å². The van der Waals surface area contributed by atoms with Crippen molar-refractivity contribution in [3.8, 4) is 0 Å². The standard InChI is InChI=1S/C14H14N6/c1-20-14(7-8-17-20)19-13-9-12(15-10-16-13)18-11-5-3-2-4-6-11/h2-10H,1H3,(H2,15,16,18,19). The number of anilines is 4. The number of benzene rings is 1. The molecule has 6 nitrogen and oxygen atoms in total. The molecular weight excluding hydrogens is 252 g/mol. The van der Waals surface area contributed by atoms with Crippen molar-refractivity contribution in [2.24, 2.45) is 7.05 Å². The van der Waals surface area contributed by atoms with Gasteiger partial charge in [-0.15, -0.1) is 0 Å². The van der Waals surface area contributed by atoms with Crippen molar-refractivity contribution < 1.29 is 0 Å². The fourth-order valence-corrected chi connectivity index (χ4v) is 1.79. The van der Waals surface area contributed by atoms with Crippen LogP contribution in [0.25, 0.3) is 0 Å². The molecule has 6 heteroatoms. The maximum atomic E-state index is 4.20. The fourth-order valence-electron chi connectivity index (χ4n) is 1.79. The zero-order valence-electron chi connectivity index (χ0n) is 11.0. The average molecular weight is 266 g/mol. The van der Waals surface area contributed by atoms with Crippen molar-refractivity contribution in [1.29, 1.82) is 0 Å². The molecule has 0 spiro atoms. The lowest BCUT2D eigenvalue weighted by Crippen LogP contribution is -2.02. The molecule has 3 rings (SSSR count). The number of aromatic nitrogens is 4. The van der Waals surface area contributed by atoms with Crippen LogP contribution in [0.15, 0.2) is 55.0 Å². The second-order valence-electron chi connectivity index (χ2n) is 4.24. The van der Waals surface area contributed by atoms with E-state index in [1.807, 2.05) is 49.5 Å². The third-order valence-electron chi connectivity index (χ3n) is 2.79. The Morgan fingerprint density at radius 2 is 1.70 bits per heavy atom. The van der Waals surface area contributed by atoms with E-state index in [0.717, 1.165) is 17.3 Å². The Balaban J connectivity index is 1.78. The highest BCUT2D eigenvalue weighted by molar-refractivity contribution is 5.61. The van der Waals surface area contributed by atoms with Crippen LogP contribution >= 0.6 is 0 Å². The Hall–Kier alpha value is -2.89. The van der Waals surface area contributed by atoms with Crippen LogP contribution in [0.5, 0.6) is 0 Å². The van der Waals surface area contributed by atoms with Gasteiger partial charge in [0.1, 0.15) is 23.8 Å². The Morgan fingerprint density at radius 3 is 2.40 bits per heavy atom. The van der Waals surface area contributed by atoms with Gasteiger partial charge in [-0.25, -0.2) is 9.97 Å². The summed E-state index contributed by atoms with van der Waals surface area (Å²) in [7, 11) is 1.87. The van der Waals surface area contributed by atoms with Crippen molar-refractivity contribution in [2.45, 2.75) is 0 Å². The molecule has 1 aromatic carbocycles. The van der Waals surface area contributed by atoms with Crippen molar-refractivity contribution in [2.75, 3.05) is 10.6 Å². The molecule has 20 heavy (non-hydrogen) atoms. The fraction of sp³-hybridized carbons (Fsp3) is 0.0714. The van der Waals surface area contributed by atoms with Crippen molar-refractivity contribution in [1.82, 2.24) is 19.7 Å². The normalized spacial score (nSPS) is 10.2. The number of para-hydroxylation sites is 1. The molecular formula is C14H14N6. The molecule has 2 aromatic heterocycles. The maximum Gasteiger partial charge on any atom is 0.137 e. The summed E-state index contributed by atoms with van der Waals surface area (Å²) >= 11 is 0. The molecule has 0 radical (unpaired) electrons. The van der Waals surface area contributed by atoms with Gasteiger partial charge in [0.25, 0.3) is 0 Å². The zero-order chi connectivity index (χ0) is 13.8. The predicted molar refractivity (Wildman–Crippen MR) is 78.2 cm³/mol. The molecule has 0 bridgehead atoms. The van der Waals surface area contributed by atoms with E-state index in [1.54, 1.807) is 10.9 Å². The van der Waals surface area contributed by atoms with Crippen molar-refractivity contribution in [3.63, 3.8) is 0 Å². The lowest BCUT2D eigenvalue weighted by molar-refractivity contribution is 0.776. The summed E-state index contributed by atoms with van der Waals surface area (Å²) in [5, 5.41) is 10.5. The highest BCUT2D eigenvalue weighted by atomic mass is 15.3. The van der Waals surface area contributed by atoms with Crippen LogP contribution in [-0.4, -0.2) is 19.7 Å². The maximum absolute atomic E-state index is 4.20. The Labute approximate surface area is 116 Å². The molecule has 0 fully saturated rings. The molecule has 0 atom stereocenters. The van der Waals surface area contributed by atoms with E-state index in [9.17, 15) is 0 Å². The predicted octanol–water partition coefficient (Wildman–Crippen LogP) is 2.70. The van der Waals surface area contributed by atoms with Crippen LogP contribution in [-0.2, 0) is 7.05 Å². The highest BCUT2D eigenvalue weighted by Gasteiger charge is 2.02. The molecule has 2 heterocycles. The molecule has 2 N–H and O–H groups in total. The minimum absolute atomic E-state index is 0.710. The van der Waals surface area contributed by atoms with Crippen molar-refractivity contribution in [3.05, 3.63) is 55.0 Å². The van der Waals surface area contributed by atoms with Crippen LogP contribution in [0.1, 0.15) is 0 Å². The number of rotatable bonds is 4. The van der Waals surface area contributed by atoms with E-state index < -0.39 is 0 Å². The van der Waals surface area contributed by atoms with Crippen LogP contribution < -0.4 is 10.6 Å². The second-order valence-corrected chi connectivity index (χ2v) is 4.24. The molecule has 0 aliphatic rings. The van der Waals surface area contributed by atoms with Crippen LogP contribution in [0.4, 0.5) is 23.1 Å². The van der Waals surface area contributed by atoms with Gasteiger partial charge in [-0.1, -0.05) is 18.2 Å². The third kappa shape index (κ3) is 2.74. The summed E-state index contributed by atoms with van der Waals surface area (Å²) in [6, 6.07) is 13.6. The van der Waals surface area contributed by atoms with Gasteiger partial charge in [-0.05, 0) is 12.1 Å². The van der Waals surface area contributed by atoms with Gasteiger partial charge >= 0.3 is 0 Å². The Bertz CT molecular complexity index is 692. The first-order valence-corrected chi connectivity index (χ1v) is 6.20. The van der Waals surface area contributed by atoms with Gasteiger partial charge < -0.3 is 10.6 Å². The Kier molecular flexibility index (Phi) is 3.28. The smallest absolute Gasteiger partial charge is 0.137 e. The third-order valence-corrected chi connectivity index (χ3v) is 2.79. The van der Waals surface area contributed by atoms with Crippen LogP contribution in [0.2, 0.25) is 0 Å². The molecule has 0 amide bonds. The lowest BCUT2D eigenvalue weighted by atomic mass is 10.3. The molecule has 0 saturated heterocycles. The van der Waals surface area contributed by atoms with E-state index in [-0.39, 0.29) is 0 Å². The number of hydrogen-bond donors (Lipinski definition) is 2.